The lowest BCUT2D eigenvalue weighted by molar-refractivity contribution is -0.0397. The molecular formula is C52H43N. The summed E-state index contributed by atoms with van der Waals surface area (Å²) >= 11 is 0. The molecule has 4 bridgehead atoms. The molecule has 1 aromatic heterocycles. The van der Waals surface area contributed by atoms with Crippen LogP contribution in [0.1, 0.15) is 48.8 Å². The molecular weight excluding hydrogens is 639 g/mol. The van der Waals surface area contributed by atoms with E-state index in [1.165, 1.54) is 87.7 Å². The largest absolute Gasteiger partial charge is 0.248 e. The standard InChI is InChI=1S/C52H43N/c1-33-22-41(29-42(23-33)50-32-40(37-14-7-3-8-15-37)31-49(53-50)38-16-9-4-10-17-38)45-18-11-19-47-46-21-20-39(36-12-5-2-6-13-36)30-48(46)52(51(45)47)43-25-34-24-35(27-43)28-44(52)26-34/h2-23,29-32,34-35,43-44H,24-28H2,1H3. The molecule has 4 fully saturated rings. The van der Waals surface area contributed by atoms with Crippen LogP contribution in [0.5, 0.6) is 0 Å². The van der Waals surface area contributed by atoms with Gasteiger partial charge in [-0.1, -0.05) is 127 Å². The van der Waals surface area contributed by atoms with E-state index in [2.05, 4.69) is 165 Å². The highest BCUT2D eigenvalue weighted by molar-refractivity contribution is 5.91. The molecule has 0 N–H and O–H groups in total. The van der Waals surface area contributed by atoms with Gasteiger partial charge in [-0.3, -0.25) is 0 Å². The average molecular weight is 682 g/mol. The first-order chi connectivity index (χ1) is 26.1. The molecule has 0 aliphatic heterocycles. The van der Waals surface area contributed by atoms with E-state index in [1.807, 2.05) is 0 Å². The molecule has 5 aliphatic rings. The maximum absolute atomic E-state index is 5.36. The van der Waals surface area contributed by atoms with Gasteiger partial charge in [0, 0.05) is 16.5 Å². The van der Waals surface area contributed by atoms with Crippen LogP contribution in [0.4, 0.5) is 0 Å². The second-order valence-electron chi connectivity index (χ2n) is 16.5. The molecule has 1 heterocycles. The van der Waals surface area contributed by atoms with Crippen molar-refractivity contribution in [2.24, 2.45) is 23.7 Å². The van der Waals surface area contributed by atoms with Crippen molar-refractivity contribution in [3.8, 4) is 67.0 Å². The molecule has 1 heteroatoms. The number of aryl methyl sites for hydroxylation is 1. The van der Waals surface area contributed by atoms with E-state index in [9.17, 15) is 0 Å². The molecule has 4 saturated carbocycles. The smallest absolute Gasteiger partial charge is 0.0716 e. The minimum absolute atomic E-state index is 0.0509. The fourth-order valence-corrected chi connectivity index (χ4v) is 11.6. The summed E-state index contributed by atoms with van der Waals surface area (Å²) in [6, 6.07) is 58.8. The minimum Gasteiger partial charge on any atom is -0.248 e. The maximum Gasteiger partial charge on any atom is 0.0716 e. The third kappa shape index (κ3) is 4.86. The molecule has 0 amide bonds. The number of benzene rings is 6. The van der Waals surface area contributed by atoms with Crippen LogP contribution in [0.2, 0.25) is 0 Å². The Kier molecular flexibility index (Phi) is 7.03. The molecule has 0 unspecified atom stereocenters. The summed E-state index contributed by atoms with van der Waals surface area (Å²) in [5.41, 5.74) is 19.6. The van der Waals surface area contributed by atoms with Gasteiger partial charge in [-0.2, -0.15) is 0 Å². The van der Waals surface area contributed by atoms with Crippen molar-refractivity contribution >= 4 is 0 Å². The summed E-state index contributed by atoms with van der Waals surface area (Å²) < 4.78 is 0. The molecule has 6 aromatic carbocycles. The van der Waals surface area contributed by atoms with Crippen LogP contribution < -0.4 is 0 Å². The number of hydrogen-bond acceptors (Lipinski definition) is 1. The second kappa shape index (κ2) is 12.0. The van der Waals surface area contributed by atoms with Crippen molar-refractivity contribution in [3.63, 3.8) is 0 Å². The lowest BCUT2D eigenvalue weighted by Crippen LogP contribution is -2.55. The zero-order valence-corrected chi connectivity index (χ0v) is 30.3. The number of hydrogen-bond donors (Lipinski definition) is 0. The number of pyridine rings is 1. The predicted octanol–water partition coefficient (Wildman–Crippen LogP) is 13.4. The van der Waals surface area contributed by atoms with Crippen LogP contribution in [0.15, 0.2) is 158 Å². The molecule has 1 nitrogen and oxygen atoms in total. The first-order valence-electron chi connectivity index (χ1n) is 19.7. The molecule has 256 valence electrons. The van der Waals surface area contributed by atoms with E-state index in [0.29, 0.717) is 11.8 Å². The fraction of sp³-hybridized carbons (Fsp3) is 0.212. The Morgan fingerprint density at radius 1 is 0.415 bits per heavy atom. The SMILES string of the molecule is Cc1cc(-c2cc(-c3ccccc3)cc(-c3ccccc3)n2)cc(-c2cccc3c2C2(c4cc(-c5ccccc5)ccc4-3)C3CC4CC(C3)CC2C4)c1. The van der Waals surface area contributed by atoms with Gasteiger partial charge in [0.2, 0.25) is 0 Å². The number of fused-ring (bicyclic) bond motifs is 3. The van der Waals surface area contributed by atoms with Crippen LogP contribution in [0, 0.1) is 30.6 Å². The molecule has 0 saturated heterocycles. The van der Waals surface area contributed by atoms with E-state index in [1.54, 1.807) is 11.1 Å². The highest BCUT2D eigenvalue weighted by Gasteiger charge is 2.62. The van der Waals surface area contributed by atoms with Gasteiger partial charge in [-0.15, -0.1) is 0 Å². The summed E-state index contributed by atoms with van der Waals surface area (Å²) in [6.45, 7) is 2.26. The van der Waals surface area contributed by atoms with Gasteiger partial charge < -0.3 is 0 Å². The van der Waals surface area contributed by atoms with Crippen molar-refractivity contribution in [1.29, 1.82) is 0 Å². The number of aromatic nitrogens is 1. The Hall–Kier alpha value is -5.53. The molecule has 5 aliphatic carbocycles. The Bertz CT molecular complexity index is 2430. The van der Waals surface area contributed by atoms with Crippen molar-refractivity contribution in [1.82, 2.24) is 4.98 Å². The molecule has 0 atom stereocenters. The Morgan fingerprint density at radius 3 is 1.64 bits per heavy atom. The summed E-state index contributed by atoms with van der Waals surface area (Å²) in [4.78, 5) is 5.36. The molecule has 12 rings (SSSR count). The summed E-state index contributed by atoms with van der Waals surface area (Å²) in [5, 5.41) is 0. The summed E-state index contributed by atoms with van der Waals surface area (Å²) in [7, 11) is 0. The number of rotatable bonds is 5. The van der Waals surface area contributed by atoms with Crippen LogP contribution >= 0.6 is 0 Å². The predicted molar refractivity (Wildman–Crippen MR) is 219 cm³/mol. The Labute approximate surface area is 313 Å². The zero-order valence-electron chi connectivity index (χ0n) is 30.3. The Balaban J connectivity index is 1.11. The lowest BCUT2D eigenvalue weighted by atomic mass is 9.42. The third-order valence-electron chi connectivity index (χ3n) is 13.5. The maximum atomic E-state index is 5.36. The number of nitrogens with zero attached hydrogens (tertiary/aromatic N) is 1. The van der Waals surface area contributed by atoms with Gasteiger partial charge in [0.15, 0.2) is 0 Å². The molecule has 7 aromatic rings. The zero-order chi connectivity index (χ0) is 35.1. The second-order valence-corrected chi connectivity index (χ2v) is 16.5. The third-order valence-corrected chi connectivity index (χ3v) is 13.5. The van der Waals surface area contributed by atoms with Crippen LogP contribution in [-0.4, -0.2) is 4.98 Å². The van der Waals surface area contributed by atoms with E-state index < -0.39 is 0 Å². The van der Waals surface area contributed by atoms with Gasteiger partial charge >= 0.3 is 0 Å². The van der Waals surface area contributed by atoms with Gasteiger partial charge in [0.1, 0.15) is 0 Å². The average Bonchev–Trinajstić information content (AvgIpc) is 3.50. The first-order valence-corrected chi connectivity index (χ1v) is 19.7. The fourth-order valence-electron chi connectivity index (χ4n) is 11.6. The van der Waals surface area contributed by atoms with Crippen LogP contribution in [0.3, 0.4) is 0 Å². The van der Waals surface area contributed by atoms with Crippen molar-refractivity contribution < 1.29 is 0 Å². The Morgan fingerprint density at radius 2 is 0.981 bits per heavy atom. The van der Waals surface area contributed by atoms with Crippen LogP contribution in [0.25, 0.3) is 67.0 Å². The summed E-state index contributed by atoms with van der Waals surface area (Å²) in [6.07, 6.45) is 6.93. The topological polar surface area (TPSA) is 12.9 Å². The van der Waals surface area contributed by atoms with E-state index >= 15 is 0 Å². The van der Waals surface area contributed by atoms with Crippen molar-refractivity contribution in [2.75, 3.05) is 0 Å². The van der Waals surface area contributed by atoms with Crippen molar-refractivity contribution in [3.05, 3.63) is 174 Å². The van der Waals surface area contributed by atoms with Crippen LogP contribution in [-0.2, 0) is 5.41 Å². The monoisotopic (exact) mass is 681 g/mol. The van der Waals surface area contributed by atoms with Crippen molar-refractivity contribution in [2.45, 2.75) is 44.4 Å². The summed E-state index contributed by atoms with van der Waals surface area (Å²) in [5.74, 6) is 3.17. The molecule has 1 spiro atoms. The van der Waals surface area contributed by atoms with E-state index in [0.717, 1.165) is 28.8 Å². The molecule has 0 radical (unpaired) electrons. The highest BCUT2D eigenvalue weighted by atomic mass is 14.7. The molecule has 53 heavy (non-hydrogen) atoms. The van der Waals surface area contributed by atoms with E-state index in [-0.39, 0.29) is 5.41 Å². The normalized spacial score (nSPS) is 23.3. The minimum atomic E-state index is 0.0509. The van der Waals surface area contributed by atoms with Gasteiger partial charge in [0.25, 0.3) is 0 Å². The highest BCUT2D eigenvalue weighted by Crippen LogP contribution is 2.70. The van der Waals surface area contributed by atoms with E-state index in [4.69, 9.17) is 4.98 Å². The first kappa shape index (κ1) is 31.0. The van der Waals surface area contributed by atoms with Gasteiger partial charge in [0.05, 0.1) is 11.4 Å². The van der Waals surface area contributed by atoms with Gasteiger partial charge in [-0.05, 0) is 154 Å². The lowest BCUT2D eigenvalue weighted by Gasteiger charge is -2.61. The van der Waals surface area contributed by atoms with Gasteiger partial charge in [-0.25, -0.2) is 4.98 Å². The quantitative estimate of drug-likeness (QED) is 0.176.